The van der Waals surface area contributed by atoms with Gasteiger partial charge >= 0.3 is 0 Å². The summed E-state index contributed by atoms with van der Waals surface area (Å²) in [6, 6.07) is 13.0. The van der Waals surface area contributed by atoms with Crippen molar-refractivity contribution in [3.63, 3.8) is 0 Å². The second-order valence-corrected chi connectivity index (χ2v) is 4.40. The Morgan fingerprint density at radius 1 is 1.25 bits per heavy atom. The lowest BCUT2D eigenvalue weighted by Crippen LogP contribution is -2.04. The minimum absolute atomic E-state index is 0.668. The Morgan fingerprint density at radius 3 is 2.69 bits per heavy atom. The SMILES string of the molecule is N#CCCC1=CCC(c2ccccc2)CC1. The molecule has 1 aromatic carbocycles. The van der Waals surface area contributed by atoms with Crippen LogP contribution in [0.5, 0.6) is 0 Å². The maximum Gasteiger partial charge on any atom is 0.0625 e. The van der Waals surface area contributed by atoms with E-state index in [0.29, 0.717) is 12.3 Å². The number of benzene rings is 1. The molecular formula is C15H17N. The Balaban J connectivity index is 1.95. The van der Waals surface area contributed by atoms with Gasteiger partial charge in [-0.2, -0.15) is 5.26 Å². The van der Waals surface area contributed by atoms with Crippen LogP contribution in [0.25, 0.3) is 0 Å². The molecule has 0 aromatic heterocycles. The highest BCUT2D eigenvalue weighted by Gasteiger charge is 2.15. The Labute approximate surface area is 97.4 Å². The maximum atomic E-state index is 8.55. The summed E-state index contributed by atoms with van der Waals surface area (Å²) in [5, 5.41) is 8.55. The second-order valence-electron chi connectivity index (χ2n) is 4.40. The van der Waals surface area contributed by atoms with Crippen molar-refractivity contribution in [2.75, 3.05) is 0 Å². The van der Waals surface area contributed by atoms with E-state index in [2.05, 4.69) is 42.5 Å². The Bertz CT molecular complexity index is 397. The van der Waals surface area contributed by atoms with Crippen molar-refractivity contribution in [1.29, 1.82) is 5.26 Å². The third kappa shape index (κ3) is 2.73. The molecule has 16 heavy (non-hydrogen) atoms. The predicted octanol–water partition coefficient (Wildman–Crippen LogP) is 4.18. The van der Waals surface area contributed by atoms with Crippen molar-refractivity contribution in [2.24, 2.45) is 0 Å². The van der Waals surface area contributed by atoms with Crippen molar-refractivity contribution in [3.05, 3.63) is 47.5 Å². The molecule has 1 aliphatic rings. The van der Waals surface area contributed by atoms with Gasteiger partial charge in [-0.25, -0.2) is 0 Å². The van der Waals surface area contributed by atoms with Gasteiger partial charge < -0.3 is 0 Å². The fourth-order valence-corrected chi connectivity index (χ4v) is 2.36. The van der Waals surface area contributed by atoms with Gasteiger partial charge in [0.25, 0.3) is 0 Å². The molecule has 0 spiro atoms. The molecule has 82 valence electrons. The highest BCUT2D eigenvalue weighted by atomic mass is 14.2. The lowest BCUT2D eigenvalue weighted by molar-refractivity contribution is 0.587. The third-order valence-electron chi connectivity index (χ3n) is 3.33. The molecule has 0 saturated carbocycles. The van der Waals surface area contributed by atoms with E-state index in [1.807, 2.05) is 0 Å². The molecule has 0 fully saturated rings. The summed E-state index contributed by atoms with van der Waals surface area (Å²) >= 11 is 0. The molecular weight excluding hydrogens is 194 g/mol. The zero-order chi connectivity index (χ0) is 11.2. The van der Waals surface area contributed by atoms with Crippen LogP contribution in [0.4, 0.5) is 0 Å². The molecule has 1 aromatic rings. The molecule has 1 heteroatoms. The molecule has 1 nitrogen and oxygen atoms in total. The highest BCUT2D eigenvalue weighted by Crippen LogP contribution is 2.33. The minimum Gasteiger partial charge on any atom is -0.198 e. The summed E-state index contributed by atoms with van der Waals surface area (Å²) in [5.41, 5.74) is 2.94. The number of nitrogens with zero attached hydrogens (tertiary/aromatic N) is 1. The normalized spacial score (nSPS) is 19.9. The summed E-state index contributed by atoms with van der Waals surface area (Å²) in [4.78, 5) is 0. The molecule has 0 amide bonds. The van der Waals surface area contributed by atoms with Crippen LogP contribution >= 0.6 is 0 Å². The summed E-state index contributed by atoms with van der Waals surface area (Å²) in [6.07, 6.45) is 7.53. The van der Waals surface area contributed by atoms with E-state index in [-0.39, 0.29) is 0 Å². The average Bonchev–Trinajstić information content (AvgIpc) is 2.38. The summed E-state index contributed by atoms with van der Waals surface area (Å²) in [5.74, 6) is 0.687. The topological polar surface area (TPSA) is 23.8 Å². The van der Waals surface area contributed by atoms with E-state index in [9.17, 15) is 0 Å². The Morgan fingerprint density at radius 2 is 2.06 bits per heavy atom. The van der Waals surface area contributed by atoms with E-state index in [0.717, 1.165) is 12.8 Å². The predicted molar refractivity (Wildman–Crippen MR) is 66.0 cm³/mol. The Hall–Kier alpha value is -1.55. The second kappa shape index (κ2) is 5.51. The van der Waals surface area contributed by atoms with Gasteiger partial charge in [-0.3, -0.25) is 0 Å². The van der Waals surface area contributed by atoms with Gasteiger partial charge in [0.2, 0.25) is 0 Å². The monoisotopic (exact) mass is 211 g/mol. The summed E-state index contributed by atoms with van der Waals surface area (Å²) < 4.78 is 0. The number of allylic oxidation sites excluding steroid dienone is 2. The number of rotatable bonds is 3. The van der Waals surface area contributed by atoms with Crippen LogP contribution in [0.2, 0.25) is 0 Å². The molecule has 0 bridgehead atoms. The van der Waals surface area contributed by atoms with Crippen molar-refractivity contribution >= 4 is 0 Å². The molecule has 0 aliphatic heterocycles. The summed E-state index contributed by atoms with van der Waals surface area (Å²) in [7, 11) is 0. The van der Waals surface area contributed by atoms with E-state index < -0.39 is 0 Å². The van der Waals surface area contributed by atoms with Gasteiger partial charge in [0, 0.05) is 6.42 Å². The van der Waals surface area contributed by atoms with Gasteiger partial charge in [0.15, 0.2) is 0 Å². The molecule has 0 N–H and O–H groups in total. The quantitative estimate of drug-likeness (QED) is 0.688. The fraction of sp³-hybridized carbons (Fsp3) is 0.400. The van der Waals surface area contributed by atoms with Crippen LogP contribution in [0.3, 0.4) is 0 Å². The summed E-state index contributed by atoms with van der Waals surface area (Å²) in [6.45, 7) is 0. The smallest absolute Gasteiger partial charge is 0.0625 e. The van der Waals surface area contributed by atoms with E-state index in [1.54, 1.807) is 0 Å². The first-order valence-corrected chi connectivity index (χ1v) is 6.00. The van der Waals surface area contributed by atoms with E-state index >= 15 is 0 Å². The van der Waals surface area contributed by atoms with Crippen molar-refractivity contribution in [3.8, 4) is 6.07 Å². The fourth-order valence-electron chi connectivity index (χ4n) is 2.36. The molecule has 1 atom stereocenters. The van der Waals surface area contributed by atoms with Gasteiger partial charge in [0.1, 0.15) is 0 Å². The van der Waals surface area contributed by atoms with Crippen molar-refractivity contribution in [1.82, 2.24) is 0 Å². The first-order valence-electron chi connectivity index (χ1n) is 6.00. The van der Waals surface area contributed by atoms with Gasteiger partial charge in [-0.05, 0) is 37.2 Å². The highest BCUT2D eigenvalue weighted by molar-refractivity contribution is 5.23. The van der Waals surface area contributed by atoms with Gasteiger partial charge in [0.05, 0.1) is 6.07 Å². The lowest BCUT2D eigenvalue weighted by Gasteiger charge is -2.21. The van der Waals surface area contributed by atoms with Gasteiger partial charge in [-0.15, -0.1) is 0 Å². The zero-order valence-corrected chi connectivity index (χ0v) is 9.52. The first-order chi connectivity index (χ1) is 7.90. The molecule has 1 aliphatic carbocycles. The van der Waals surface area contributed by atoms with Crippen LogP contribution in [0.1, 0.15) is 43.6 Å². The van der Waals surface area contributed by atoms with Crippen LogP contribution in [0.15, 0.2) is 42.0 Å². The lowest BCUT2D eigenvalue weighted by atomic mass is 9.83. The molecule has 0 radical (unpaired) electrons. The zero-order valence-electron chi connectivity index (χ0n) is 9.52. The Kier molecular flexibility index (Phi) is 3.77. The van der Waals surface area contributed by atoms with Crippen LogP contribution < -0.4 is 0 Å². The van der Waals surface area contributed by atoms with Crippen LogP contribution in [-0.2, 0) is 0 Å². The standard InChI is InChI=1S/C15H17N/c16-12-4-5-13-8-10-15(11-9-13)14-6-2-1-3-7-14/h1-3,6-8,15H,4-5,9-11H2. The molecule has 0 heterocycles. The van der Waals surface area contributed by atoms with Crippen molar-refractivity contribution < 1.29 is 0 Å². The van der Waals surface area contributed by atoms with Crippen LogP contribution in [-0.4, -0.2) is 0 Å². The third-order valence-corrected chi connectivity index (χ3v) is 3.33. The molecule has 2 rings (SSSR count). The van der Waals surface area contributed by atoms with Crippen LogP contribution in [0, 0.1) is 11.3 Å². The van der Waals surface area contributed by atoms with E-state index in [1.165, 1.54) is 24.0 Å². The maximum absolute atomic E-state index is 8.55. The van der Waals surface area contributed by atoms with E-state index in [4.69, 9.17) is 5.26 Å². The first kappa shape index (κ1) is 11.0. The molecule has 0 saturated heterocycles. The largest absolute Gasteiger partial charge is 0.198 e. The number of hydrogen-bond donors (Lipinski definition) is 0. The minimum atomic E-state index is 0.668. The van der Waals surface area contributed by atoms with Gasteiger partial charge in [-0.1, -0.05) is 42.0 Å². The number of nitriles is 1. The van der Waals surface area contributed by atoms with Crippen molar-refractivity contribution in [2.45, 2.75) is 38.0 Å². The molecule has 1 unspecified atom stereocenters. The number of hydrogen-bond acceptors (Lipinski definition) is 1. The average molecular weight is 211 g/mol.